The van der Waals surface area contributed by atoms with Gasteiger partial charge in [0.2, 0.25) is 5.91 Å². The molecule has 26 heavy (non-hydrogen) atoms. The zero-order valence-corrected chi connectivity index (χ0v) is 17.0. The normalized spacial score (nSPS) is 17.5. The largest absolute Gasteiger partial charge is 0.476 e. The quantitative estimate of drug-likeness (QED) is 0.311. The SMILES string of the molecule is CCCCCCC/C=C/[C@H]1CCC(=O)N1CCSc1nc(C(=O)O)cs1. The van der Waals surface area contributed by atoms with Crippen LogP contribution in [0.5, 0.6) is 0 Å². The lowest BCUT2D eigenvalue weighted by molar-refractivity contribution is -0.128. The predicted molar refractivity (Wildman–Crippen MR) is 107 cm³/mol. The second-order valence-electron chi connectivity index (χ2n) is 6.48. The van der Waals surface area contributed by atoms with Gasteiger partial charge in [0.15, 0.2) is 10.0 Å². The van der Waals surface area contributed by atoms with E-state index in [0.717, 1.165) is 22.9 Å². The third kappa shape index (κ3) is 6.76. The van der Waals surface area contributed by atoms with Crippen LogP contribution in [0.2, 0.25) is 0 Å². The summed E-state index contributed by atoms with van der Waals surface area (Å²) < 4.78 is 0.744. The van der Waals surface area contributed by atoms with E-state index in [0.29, 0.717) is 13.0 Å². The molecule has 2 rings (SSSR count). The van der Waals surface area contributed by atoms with Crippen LogP contribution in [0.1, 0.15) is 68.8 Å². The molecule has 0 spiro atoms. The zero-order valence-electron chi connectivity index (χ0n) is 15.4. The Labute approximate surface area is 163 Å². The number of nitrogens with zero attached hydrogens (tertiary/aromatic N) is 2. The van der Waals surface area contributed by atoms with Crippen molar-refractivity contribution in [1.29, 1.82) is 0 Å². The minimum Gasteiger partial charge on any atom is -0.476 e. The minimum absolute atomic E-state index is 0.0921. The van der Waals surface area contributed by atoms with Crippen molar-refractivity contribution in [2.45, 2.75) is 68.7 Å². The minimum atomic E-state index is -0.997. The lowest BCUT2D eigenvalue weighted by atomic mass is 10.1. The topological polar surface area (TPSA) is 70.5 Å². The van der Waals surface area contributed by atoms with E-state index in [9.17, 15) is 9.59 Å². The van der Waals surface area contributed by atoms with Gasteiger partial charge in [-0.2, -0.15) is 0 Å². The second-order valence-corrected chi connectivity index (χ2v) is 8.68. The van der Waals surface area contributed by atoms with E-state index in [1.165, 1.54) is 55.2 Å². The Morgan fingerprint density at radius 3 is 2.96 bits per heavy atom. The Balaban J connectivity index is 1.71. The molecule has 1 aliphatic rings. The van der Waals surface area contributed by atoms with Gasteiger partial charge in [-0.15, -0.1) is 11.3 Å². The number of aromatic carboxylic acids is 1. The zero-order chi connectivity index (χ0) is 18.8. The van der Waals surface area contributed by atoms with E-state index < -0.39 is 5.97 Å². The first kappa shape index (κ1) is 21.0. The molecule has 2 heterocycles. The molecule has 5 nitrogen and oxygen atoms in total. The first-order chi connectivity index (χ1) is 12.6. The molecule has 1 aromatic heterocycles. The van der Waals surface area contributed by atoms with Crippen molar-refractivity contribution in [3.8, 4) is 0 Å². The Morgan fingerprint density at radius 2 is 2.23 bits per heavy atom. The summed E-state index contributed by atoms with van der Waals surface area (Å²) in [6.07, 6.45) is 13.5. The van der Waals surface area contributed by atoms with Crippen LogP contribution in [0.3, 0.4) is 0 Å². The number of aromatic nitrogens is 1. The Morgan fingerprint density at radius 1 is 1.42 bits per heavy atom. The molecule has 7 heteroatoms. The van der Waals surface area contributed by atoms with Crippen LogP contribution in [0.4, 0.5) is 0 Å². The number of amides is 1. The van der Waals surface area contributed by atoms with E-state index in [-0.39, 0.29) is 17.6 Å². The average molecular weight is 397 g/mol. The van der Waals surface area contributed by atoms with Gasteiger partial charge in [-0.05, 0) is 19.3 Å². The molecular formula is C19H28N2O3S2. The number of unbranched alkanes of at least 4 members (excludes halogenated alkanes) is 5. The van der Waals surface area contributed by atoms with Crippen molar-refractivity contribution in [1.82, 2.24) is 9.88 Å². The Bertz CT molecular complexity index is 616. The number of carboxylic acids is 1. The van der Waals surface area contributed by atoms with Crippen LogP contribution < -0.4 is 0 Å². The molecule has 0 aliphatic carbocycles. The number of rotatable bonds is 12. The maximum Gasteiger partial charge on any atom is 0.355 e. The summed E-state index contributed by atoms with van der Waals surface area (Å²) >= 11 is 2.86. The highest BCUT2D eigenvalue weighted by Crippen LogP contribution is 2.25. The molecule has 1 saturated heterocycles. The number of carboxylic acid groups (broad SMARTS) is 1. The predicted octanol–water partition coefficient (Wildman–Crippen LogP) is 4.84. The summed E-state index contributed by atoms with van der Waals surface area (Å²) in [6, 6.07) is 0.213. The number of hydrogen-bond acceptors (Lipinski definition) is 5. The van der Waals surface area contributed by atoms with Gasteiger partial charge in [-0.25, -0.2) is 9.78 Å². The van der Waals surface area contributed by atoms with Crippen molar-refractivity contribution in [2.75, 3.05) is 12.3 Å². The average Bonchev–Trinajstić information content (AvgIpc) is 3.22. The van der Waals surface area contributed by atoms with Crippen LogP contribution in [0.25, 0.3) is 0 Å². The van der Waals surface area contributed by atoms with Crippen LogP contribution in [0.15, 0.2) is 21.9 Å². The molecule has 0 unspecified atom stereocenters. The fourth-order valence-corrected chi connectivity index (χ4v) is 4.83. The third-order valence-corrected chi connectivity index (χ3v) is 6.47. The lowest BCUT2D eigenvalue weighted by Gasteiger charge is -2.22. The molecule has 1 atom stereocenters. The summed E-state index contributed by atoms with van der Waals surface area (Å²) in [5.74, 6) is -0.0454. The molecule has 1 aliphatic heterocycles. The molecule has 0 radical (unpaired) electrons. The maximum atomic E-state index is 12.1. The molecular weight excluding hydrogens is 368 g/mol. The number of thioether (sulfide) groups is 1. The van der Waals surface area contributed by atoms with Crippen LogP contribution in [0, 0.1) is 0 Å². The molecule has 1 amide bonds. The number of likely N-dealkylation sites (tertiary alicyclic amines) is 1. The number of allylic oxidation sites excluding steroid dienone is 1. The van der Waals surface area contributed by atoms with E-state index >= 15 is 0 Å². The summed E-state index contributed by atoms with van der Waals surface area (Å²) in [5.41, 5.74) is 0.0921. The number of hydrogen-bond donors (Lipinski definition) is 1. The molecule has 0 saturated carbocycles. The van der Waals surface area contributed by atoms with E-state index in [4.69, 9.17) is 5.11 Å². The highest BCUT2D eigenvalue weighted by molar-refractivity contribution is 8.01. The van der Waals surface area contributed by atoms with Crippen LogP contribution >= 0.6 is 23.1 Å². The molecule has 0 bridgehead atoms. The molecule has 1 aromatic rings. The smallest absolute Gasteiger partial charge is 0.355 e. The molecule has 1 fully saturated rings. The lowest BCUT2D eigenvalue weighted by Crippen LogP contribution is -2.33. The third-order valence-electron chi connectivity index (χ3n) is 4.47. The van der Waals surface area contributed by atoms with Gasteiger partial charge < -0.3 is 10.0 Å². The molecule has 144 valence electrons. The number of carbonyl (C=O) groups excluding carboxylic acids is 1. The maximum absolute atomic E-state index is 12.1. The number of thiazole rings is 1. The van der Waals surface area contributed by atoms with Crippen molar-refractivity contribution >= 4 is 35.0 Å². The number of carbonyl (C=O) groups is 2. The van der Waals surface area contributed by atoms with Gasteiger partial charge in [0, 0.05) is 24.1 Å². The highest BCUT2D eigenvalue weighted by Gasteiger charge is 2.28. The van der Waals surface area contributed by atoms with Gasteiger partial charge in [0.1, 0.15) is 0 Å². The summed E-state index contributed by atoms with van der Waals surface area (Å²) in [6.45, 7) is 2.90. The van der Waals surface area contributed by atoms with Gasteiger partial charge in [0.25, 0.3) is 0 Å². The molecule has 1 N–H and O–H groups in total. The van der Waals surface area contributed by atoms with Crippen molar-refractivity contribution < 1.29 is 14.7 Å². The summed E-state index contributed by atoms with van der Waals surface area (Å²) in [4.78, 5) is 29.0. The Kier molecular flexibility index (Phi) is 9.18. The second kappa shape index (κ2) is 11.4. The van der Waals surface area contributed by atoms with Gasteiger partial charge in [-0.1, -0.05) is 56.5 Å². The van der Waals surface area contributed by atoms with E-state index in [1.54, 1.807) is 5.38 Å². The Hall–Kier alpha value is -1.34. The highest BCUT2D eigenvalue weighted by atomic mass is 32.2. The summed E-state index contributed by atoms with van der Waals surface area (Å²) in [5, 5.41) is 10.5. The van der Waals surface area contributed by atoms with Gasteiger partial charge in [0.05, 0.1) is 6.04 Å². The fourth-order valence-electron chi connectivity index (χ4n) is 3.02. The molecule has 0 aromatic carbocycles. The first-order valence-electron chi connectivity index (χ1n) is 9.39. The fraction of sp³-hybridized carbons (Fsp3) is 0.632. The van der Waals surface area contributed by atoms with Crippen molar-refractivity contribution in [2.24, 2.45) is 0 Å². The van der Waals surface area contributed by atoms with E-state index in [2.05, 4.69) is 24.1 Å². The van der Waals surface area contributed by atoms with Crippen molar-refractivity contribution in [3.63, 3.8) is 0 Å². The summed E-state index contributed by atoms with van der Waals surface area (Å²) in [7, 11) is 0. The van der Waals surface area contributed by atoms with Crippen LogP contribution in [-0.2, 0) is 4.79 Å². The van der Waals surface area contributed by atoms with E-state index in [1.807, 2.05) is 4.90 Å². The van der Waals surface area contributed by atoms with Crippen molar-refractivity contribution in [3.05, 3.63) is 23.2 Å². The standard InChI is InChI=1S/C19H28N2O3S2/c1-2-3-4-5-6-7-8-9-15-10-11-17(22)21(15)12-13-25-19-20-16(14-26-19)18(23)24/h8-9,14-15H,2-7,10-13H2,1H3,(H,23,24)/b9-8+/t15-/m0/s1. The monoisotopic (exact) mass is 396 g/mol. The van der Waals surface area contributed by atoms with Gasteiger partial charge >= 0.3 is 5.97 Å². The first-order valence-corrected chi connectivity index (χ1v) is 11.3. The van der Waals surface area contributed by atoms with Gasteiger partial charge in [-0.3, -0.25) is 4.79 Å². The van der Waals surface area contributed by atoms with Crippen LogP contribution in [-0.4, -0.2) is 45.2 Å².